The Balaban J connectivity index is 4.42. The maximum atomic E-state index is 12.1. The molecule has 1 unspecified atom stereocenters. The van der Waals surface area contributed by atoms with E-state index in [2.05, 4.69) is 13.8 Å². The molecule has 0 spiro atoms. The summed E-state index contributed by atoms with van der Waals surface area (Å²) in [6, 6.07) is -0.00740. The fourth-order valence-electron chi connectivity index (χ4n) is 2.20. The summed E-state index contributed by atoms with van der Waals surface area (Å²) in [6.45, 7) is 8.72. The van der Waals surface area contributed by atoms with E-state index in [1.165, 1.54) is 0 Å². The number of hydrogen-bond acceptors (Lipinski definition) is 3. The molecule has 0 rings (SSSR count). The number of rotatable bonds is 9. The predicted octanol–water partition coefficient (Wildman–Crippen LogP) is 1.11. The first-order valence-electron chi connectivity index (χ1n) is 7.07. The van der Waals surface area contributed by atoms with Crippen LogP contribution in [0.4, 0.5) is 0 Å². The van der Waals surface area contributed by atoms with Crippen LogP contribution in [0.2, 0.25) is 0 Å². The van der Waals surface area contributed by atoms with Crippen LogP contribution >= 0.6 is 0 Å². The summed E-state index contributed by atoms with van der Waals surface area (Å²) in [4.78, 5) is 24.7. The fraction of sp³-hybridized carbons (Fsp3) is 0.857. The van der Waals surface area contributed by atoms with Gasteiger partial charge in [0.1, 0.15) is 0 Å². The Morgan fingerprint density at radius 1 is 1.11 bits per heavy atom. The first kappa shape index (κ1) is 17.9. The third kappa shape index (κ3) is 7.15. The van der Waals surface area contributed by atoms with Crippen molar-refractivity contribution in [2.75, 3.05) is 13.1 Å². The number of nitrogens with zero attached hydrogens (tertiary/aromatic N) is 1. The van der Waals surface area contributed by atoms with Gasteiger partial charge < -0.3 is 16.4 Å². The van der Waals surface area contributed by atoms with Crippen molar-refractivity contribution in [3.05, 3.63) is 0 Å². The van der Waals surface area contributed by atoms with E-state index < -0.39 is 5.91 Å². The van der Waals surface area contributed by atoms with Crippen LogP contribution in [0.15, 0.2) is 0 Å². The highest BCUT2D eigenvalue weighted by atomic mass is 16.2. The number of carbonyl (C=O) groups excluding carboxylic acids is 2. The van der Waals surface area contributed by atoms with Crippen molar-refractivity contribution in [2.45, 2.75) is 53.0 Å². The van der Waals surface area contributed by atoms with Crippen molar-refractivity contribution in [3.8, 4) is 0 Å². The van der Waals surface area contributed by atoms with Gasteiger partial charge in [-0.25, -0.2) is 0 Å². The minimum absolute atomic E-state index is 0.000264. The quantitative estimate of drug-likeness (QED) is 0.658. The molecule has 0 radical (unpaired) electrons. The summed E-state index contributed by atoms with van der Waals surface area (Å²) in [5.41, 5.74) is 10.8. The predicted molar refractivity (Wildman–Crippen MR) is 77.3 cm³/mol. The molecule has 0 aromatic rings. The van der Waals surface area contributed by atoms with Crippen LogP contribution in [0.1, 0.15) is 47.0 Å². The molecular formula is C14H29N3O2. The Hall–Kier alpha value is -1.10. The normalized spacial score (nSPS) is 12.8. The molecule has 19 heavy (non-hydrogen) atoms. The molecule has 1 atom stereocenters. The molecule has 0 saturated carbocycles. The van der Waals surface area contributed by atoms with Gasteiger partial charge in [0.15, 0.2) is 0 Å². The molecule has 0 aliphatic carbocycles. The van der Waals surface area contributed by atoms with Crippen molar-refractivity contribution in [1.29, 1.82) is 0 Å². The van der Waals surface area contributed by atoms with Crippen LogP contribution in [0.5, 0.6) is 0 Å². The summed E-state index contributed by atoms with van der Waals surface area (Å²) in [7, 11) is 0. The summed E-state index contributed by atoms with van der Waals surface area (Å²) in [5.74, 6) is 0.498. The van der Waals surface area contributed by atoms with Crippen molar-refractivity contribution < 1.29 is 9.59 Å². The average Bonchev–Trinajstić information content (AvgIpc) is 2.30. The molecule has 0 aliphatic heterocycles. The van der Waals surface area contributed by atoms with Crippen molar-refractivity contribution >= 4 is 11.8 Å². The summed E-state index contributed by atoms with van der Waals surface area (Å²) in [6.07, 6.45) is 2.20. The number of nitrogens with two attached hydrogens (primary N) is 2. The molecule has 5 heteroatoms. The van der Waals surface area contributed by atoms with E-state index >= 15 is 0 Å². The van der Waals surface area contributed by atoms with Gasteiger partial charge in [0.25, 0.3) is 0 Å². The maximum Gasteiger partial charge on any atom is 0.237 e. The molecule has 2 amide bonds. The molecule has 0 bridgehead atoms. The second-order valence-electron chi connectivity index (χ2n) is 5.70. The highest BCUT2D eigenvalue weighted by Gasteiger charge is 2.21. The Kier molecular flexibility index (Phi) is 8.39. The monoisotopic (exact) mass is 271 g/mol. The second kappa shape index (κ2) is 8.91. The first-order valence-corrected chi connectivity index (χ1v) is 7.07. The number of carbonyl (C=O) groups is 2. The molecule has 0 aromatic carbocycles. The number of hydrogen-bond donors (Lipinski definition) is 2. The first-order chi connectivity index (χ1) is 8.79. The van der Waals surface area contributed by atoms with E-state index in [9.17, 15) is 9.59 Å². The standard InChI is InChI=1S/C14H29N3O2/c1-10(2)12(7-8-15)5-6-14(19)17(11(3)4)9-13(16)18/h10-12H,5-9,15H2,1-4H3,(H2,16,18). The van der Waals surface area contributed by atoms with E-state index in [0.717, 1.165) is 12.8 Å². The van der Waals surface area contributed by atoms with E-state index in [1.54, 1.807) is 4.90 Å². The summed E-state index contributed by atoms with van der Waals surface area (Å²) in [5, 5.41) is 0. The number of primary amides is 1. The van der Waals surface area contributed by atoms with Gasteiger partial charge in [-0.3, -0.25) is 9.59 Å². The zero-order valence-electron chi connectivity index (χ0n) is 12.7. The second-order valence-corrected chi connectivity index (χ2v) is 5.70. The SMILES string of the molecule is CC(C)C(CCN)CCC(=O)N(CC(N)=O)C(C)C. The van der Waals surface area contributed by atoms with Gasteiger partial charge in [0.2, 0.25) is 11.8 Å². The maximum absolute atomic E-state index is 12.1. The van der Waals surface area contributed by atoms with E-state index in [-0.39, 0.29) is 18.5 Å². The summed E-state index contributed by atoms with van der Waals surface area (Å²) < 4.78 is 0. The van der Waals surface area contributed by atoms with Crippen LogP contribution in [0, 0.1) is 11.8 Å². The lowest BCUT2D eigenvalue weighted by atomic mass is 9.88. The molecule has 0 aliphatic rings. The lowest BCUT2D eigenvalue weighted by Gasteiger charge is -2.27. The van der Waals surface area contributed by atoms with Gasteiger partial charge in [-0.1, -0.05) is 13.8 Å². The molecule has 5 nitrogen and oxygen atoms in total. The zero-order valence-corrected chi connectivity index (χ0v) is 12.7. The Morgan fingerprint density at radius 2 is 1.68 bits per heavy atom. The lowest BCUT2D eigenvalue weighted by Crippen LogP contribution is -2.42. The van der Waals surface area contributed by atoms with E-state index in [4.69, 9.17) is 11.5 Å². The third-order valence-electron chi connectivity index (χ3n) is 3.48. The average molecular weight is 271 g/mol. The van der Waals surface area contributed by atoms with Gasteiger partial charge in [0.05, 0.1) is 6.54 Å². The largest absolute Gasteiger partial charge is 0.368 e. The molecule has 0 heterocycles. The smallest absolute Gasteiger partial charge is 0.237 e. The molecule has 0 fully saturated rings. The van der Waals surface area contributed by atoms with Crippen LogP contribution in [-0.4, -0.2) is 35.8 Å². The molecule has 112 valence electrons. The summed E-state index contributed by atoms with van der Waals surface area (Å²) >= 11 is 0. The lowest BCUT2D eigenvalue weighted by molar-refractivity contribution is -0.137. The molecular weight excluding hydrogens is 242 g/mol. The van der Waals surface area contributed by atoms with Gasteiger partial charge in [-0.05, 0) is 45.1 Å². The third-order valence-corrected chi connectivity index (χ3v) is 3.48. The van der Waals surface area contributed by atoms with Crippen LogP contribution < -0.4 is 11.5 Å². The minimum atomic E-state index is -0.468. The minimum Gasteiger partial charge on any atom is -0.368 e. The molecule has 0 saturated heterocycles. The fourth-order valence-corrected chi connectivity index (χ4v) is 2.20. The van der Waals surface area contributed by atoms with Crippen LogP contribution in [-0.2, 0) is 9.59 Å². The zero-order chi connectivity index (χ0) is 15.0. The van der Waals surface area contributed by atoms with Crippen molar-refractivity contribution in [2.24, 2.45) is 23.3 Å². The van der Waals surface area contributed by atoms with Crippen LogP contribution in [0.25, 0.3) is 0 Å². The van der Waals surface area contributed by atoms with E-state index in [1.807, 2.05) is 13.8 Å². The Bertz CT molecular complexity index is 290. The van der Waals surface area contributed by atoms with Crippen molar-refractivity contribution in [3.63, 3.8) is 0 Å². The highest BCUT2D eigenvalue weighted by Crippen LogP contribution is 2.21. The van der Waals surface area contributed by atoms with Gasteiger partial charge in [-0.2, -0.15) is 0 Å². The van der Waals surface area contributed by atoms with Gasteiger partial charge >= 0.3 is 0 Å². The van der Waals surface area contributed by atoms with E-state index in [0.29, 0.717) is 24.8 Å². The molecule has 0 aromatic heterocycles. The van der Waals surface area contributed by atoms with Crippen molar-refractivity contribution in [1.82, 2.24) is 4.90 Å². The Morgan fingerprint density at radius 3 is 2.05 bits per heavy atom. The van der Waals surface area contributed by atoms with Crippen LogP contribution in [0.3, 0.4) is 0 Å². The Labute approximate surface area is 116 Å². The van der Waals surface area contributed by atoms with Gasteiger partial charge in [-0.15, -0.1) is 0 Å². The molecule has 4 N–H and O–H groups in total. The highest BCUT2D eigenvalue weighted by molar-refractivity contribution is 5.84. The van der Waals surface area contributed by atoms with Gasteiger partial charge in [0, 0.05) is 12.5 Å². The number of amides is 2. The topological polar surface area (TPSA) is 89.4 Å².